The van der Waals surface area contributed by atoms with E-state index in [1.54, 1.807) is 11.3 Å². The van der Waals surface area contributed by atoms with Crippen LogP contribution < -0.4 is 5.46 Å². The topological polar surface area (TPSA) is 41.6 Å². The summed E-state index contributed by atoms with van der Waals surface area (Å²) in [5, 5.41) is 2.96. The molecule has 0 spiro atoms. The average Bonchev–Trinajstić information content (AvgIpc) is 3.22. The Hall–Kier alpha value is -2.66. The zero-order valence-corrected chi connectivity index (χ0v) is 14.0. The van der Waals surface area contributed by atoms with Crippen molar-refractivity contribution in [3.8, 4) is 33.3 Å². The van der Waals surface area contributed by atoms with E-state index in [4.69, 9.17) is 17.8 Å². The normalized spacial score (nSPS) is 10.9. The molecule has 0 fully saturated rings. The molecule has 4 rings (SSSR count). The molecule has 2 aromatic carbocycles. The molecule has 2 radical (unpaired) electrons. The molecule has 114 valence electrons. The molecule has 4 aromatic rings. The van der Waals surface area contributed by atoms with Gasteiger partial charge in [0.1, 0.15) is 18.5 Å². The van der Waals surface area contributed by atoms with Crippen molar-refractivity contribution in [2.24, 2.45) is 0 Å². The Balaban J connectivity index is 1.71. The molecule has 24 heavy (non-hydrogen) atoms. The third-order valence-electron chi connectivity index (χ3n) is 3.81. The minimum absolute atomic E-state index is 0.740. The second kappa shape index (κ2) is 6.09. The van der Waals surface area contributed by atoms with Crippen LogP contribution in [0.3, 0.4) is 0 Å². The van der Waals surface area contributed by atoms with Gasteiger partial charge in [-0.05, 0) is 6.92 Å². The molecule has 2 heterocycles. The standard InChI is InChI=1S/C19H14BN3S/c1-12-17(13-6-3-2-4-7-13)23-18(21-12)16-11-24-19(22-16)14-8-5-9-15(20)10-14/h2-11H,1H3,(H,21,23). The van der Waals surface area contributed by atoms with Crippen molar-refractivity contribution in [1.82, 2.24) is 15.0 Å². The Morgan fingerprint density at radius 2 is 1.75 bits per heavy atom. The molecule has 5 heteroatoms. The van der Waals surface area contributed by atoms with E-state index in [0.717, 1.165) is 44.5 Å². The number of H-pyrrole nitrogens is 1. The molecule has 3 nitrogen and oxygen atoms in total. The number of benzene rings is 2. The quantitative estimate of drug-likeness (QED) is 0.579. The lowest BCUT2D eigenvalue weighted by atomic mass is 9.95. The average molecular weight is 327 g/mol. The van der Waals surface area contributed by atoms with Crippen LogP contribution in [0.4, 0.5) is 0 Å². The third-order valence-corrected chi connectivity index (χ3v) is 4.70. The molecular formula is C19H14BN3S. The Labute approximate surface area is 145 Å². The summed E-state index contributed by atoms with van der Waals surface area (Å²) < 4.78 is 0. The van der Waals surface area contributed by atoms with E-state index in [-0.39, 0.29) is 0 Å². The number of imidazole rings is 1. The summed E-state index contributed by atoms with van der Waals surface area (Å²) in [4.78, 5) is 12.8. The second-order valence-corrected chi connectivity index (χ2v) is 6.45. The van der Waals surface area contributed by atoms with Gasteiger partial charge >= 0.3 is 0 Å². The van der Waals surface area contributed by atoms with Crippen LogP contribution in [0.25, 0.3) is 33.3 Å². The molecular weight excluding hydrogens is 313 g/mol. The van der Waals surface area contributed by atoms with E-state index in [0.29, 0.717) is 0 Å². The molecule has 0 aliphatic heterocycles. The van der Waals surface area contributed by atoms with E-state index in [1.165, 1.54) is 0 Å². The molecule has 0 amide bonds. The fraction of sp³-hybridized carbons (Fsp3) is 0.0526. The van der Waals surface area contributed by atoms with E-state index >= 15 is 0 Å². The SMILES string of the molecule is [B]c1cccc(-c2nc(-c3nc(-c4ccccc4)c(C)[nH]3)cs2)c1. The van der Waals surface area contributed by atoms with Gasteiger partial charge in [0.05, 0.1) is 5.69 Å². The van der Waals surface area contributed by atoms with Gasteiger partial charge in [-0.3, -0.25) is 0 Å². The van der Waals surface area contributed by atoms with E-state index in [2.05, 4.69) is 17.1 Å². The zero-order valence-electron chi connectivity index (χ0n) is 13.2. The van der Waals surface area contributed by atoms with Crippen LogP contribution in [0, 0.1) is 6.92 Å². The summed E-state index contributed by atoms with van der Waals surface area (Å²) in [5.41, 5.74) is 5.72. The first-order valence-electron chi connectivity index (χ1n) is 7.64. The van der Waals surface area contributed by atoms with Gasteiger partial charge in [-0.1, -0.05) is 60.1 Å². The van der Waals surface area contributed by atoms with Crippen molar-refractivity contribution in [2.75, 3.05) is 0 Å². The summed E-state index contributed by atoms with van der Waals surface area (Å²) in [6.45, 7) is 2.03. The summed E-state index contributed by atoms with van der Waals surface area (Å²) in [6, 6.07) is 17.9. The predicted octanol–water partition coefficient (Wildman–Crippen LogP) is 3.97. The highest BCUT2D eigenvalue weighted by atomic mass is 32.1. The molecule has 0 bridgehead atoms. The summed E-state index contributed by atoms with van der Waals surface area (Å²) in [6.07, 6.45) is 0. The van der Waals surface area contributed by atoms with Crippen LogP contribution in [0.15, 0.2) is 60.0 Å². The largest absolute Gasteiger partial charge is 0.340 e. The minimum atomic E-state index is 0.740. The number of aromatic nitrogens is 3. The lowest BCUT2D eigenvalue weighted by Gasteiger charge is -1.97. The zero-order chi connectivity index (χ0) is 16.5. The first kappa shape index (κ1) is 14.9. The molecule has 0 atom stereocenters. The summed E-state index contributed by atoms with van der Waals surface area (Å²) in [5.74, 6) is 0.790. The third kappa shape index (κ3) is 2.79. The number of rotatable bonds is 3. The Morgan fingerprint density at radius 3 is 2.54 bits per heavy atom. The van der Waals surface area contributed by atoms with Crippen molar-refractivity contribution in [3.05, 3.63) is 65.7 Å². The van der Waals surface area contributed by atoms with E-state index in [1.807, 2.05) is 54.8 Å². The van der Waals surface area contributed by atoms with Gasteiger partial charge in [-0.2, -0.15) is 0 Å². The monoisotopic (exact) mass is 327 g/mol. The lowest BCUT2D eigenvalue weighted by molar-refractivity contribution is 1.23. The Kier molecular flexibility index (Phi) is 3.79. The van der Waals surface area contributed by atoms with Crippen molar-refractivity contribution in [2.45, 2.75) is 6.92 Å². The van der Waals surface area contributed by atoms with E-state index in [9.17, 15) is 0 Å². The number of hydrogen-bond donors (Lipinski definition) is 1. The van der Waals surface area contributed by atoms with Crippen LogP contribution in [0.5, 0.6) is 0 Å². The number of thiazole rings is 1. The highest BCUT2D eigenvalue weighted by Gasteiger charge is 2.13. The number of hydrogen-bond acceptors (Lipinski definition) is 3. The van der Waals surface area contributed by atoms with Gasteiger partial charge in [0, 0.05) is 22.2 Å². The molecule has 1 N–H and O–H groups in total. The van der Waals surface area contributed by atoms with Crippen LogP contribution in [0.2, 0.25) is 0 Å². The van der Waals surface area contributed by atoms with Crippen molar-refractivity contribution >= 4 is 24.6 Å². The van der Waals surface area contributed by atoms with E-state index < -0.39 is 0 Å². The Morgan fingerprint density at radius 1 is 0.958 bits per heavy atom. The van der Waals surface area contributed by atoms with Crippen LogP contribution in [0.1, 0.15) is 5.69 Å². The first-order chi connectivity index (χ1) is 11.7. The van der Waals surface area contributed by atoms with Crippen LogP contribution >= 0.6 is 11.3 Å². The van der Waals surface area contributed by atoms with Crippen LogP contribution in [-0.2, 0) is 0 Å². The highest BCUT2D eigenvalue weighted by Crippen LogP contribution is 2.29. The molecule has 0 saturated carbocycles. The molecule has 0 unspecified atom stereocenters. The predicted molar refractivity (Wildman–Crippen MR) is 101 cm³/mol. The van der Waals surface area contributed by atoms with Gasteiger partial charge in [0.25, 0.3) is 0 Å². The maximum absolute atomic E-state index is 5.86. The Bertz CT molecular complexity index is 989. The van der Waals surface area contributed by atoms with Gasteiger partial charge in [0.15, 0.2) is 5.82 Å². The van der Waals surface area contributed by atoms with Crippen molar-refractivity contribution in [1.29, 1.82) is 0 Å². The van der Waals surface area contributed by atoms with Gasteiger partial charge < -0.3 is 4.98 Å². The number of nitrogens with one attached hydrogen (secondary N) is 1. The van der Waals surface area contributed by atoms with Gasteiger partial charge in [-0.15, -0.1) is 11.3 Å². The maximum Gasteiger partial charge on any atom is 0.157 e. The number of aryl methyl sites for hydroxylation is 1. The molecule has 0 saturated heterocycles. The van der Waals surface area contributed by atoms with Crippen molar-refractivity contribution < 1.29 is 0 Å². The molecule has 0 aliphatic carbocycles. The molecule has 2 aromatic heterocycles. The summed E-state index contributed by atoms with van der Waals surface area (Å²) in [7, 11) is 5.86. The number of nitrogens with zero attached hydrogens (tertiary/aromatic N) is 2. The summed E-state index contributed by atoms with van der Waals surface area (Å²) >= 11 is 1.59. The minimum Gasteiger partial charge on any atom is -0.340 e. The lowest BCUT2D eigenvalue weighted by Crippen LogP contribution is -2.00. The smallest absolute Gasteiger partial charge is 0.157 e. The maximum atomic E-state index is 5.86. The fourth-order valence-electron chi connectivity index (χ4n) is 2.65. The first-order valence-corrected chi connectivity index (χ1v) is 8.52. The molecule has 0 aliphatic rings. The van der Waals surface area contributed by atoms with Gasteiger partial charge in [0.2, 0.25) is 0 Å². The fourth-order valence-corrected chi connectivity index (χ4v) is 3.45. The second-order valence-electron chi connectivity index (χ2n) is 5.59. The van der Waals surface area contributed by atoms with Crippen molar-refractivity contribution in [3.63, 3.8) is 0 Å². The van der Waals surface area contributed by atoms with Gasteiger partial charge in [-0.25, -0.2) is 9.97 Å². The van der Waals surface area contributed by atoms with Crippen LogP contribution in [-0.4, -0.2) is 22.8 Å². The number of aromatic amines is 1. The highest BCUT2D eigenvalue weighted by molar-refractivity contribution is 7.13.